The fourth-order valence-electron chi connectivity index (χ4n) is 1.85. The Kier molecular flexibility index (Phi) is 5.40. The van der Waals surface area contributed by atoms with Crippen LogP contribution in [-0.4, -0.2) is 24.7 Å². The molecule has 0 spiro atoms. The molecule has 0 saturated carbocycles. The maximum Gasteiger partial charge on any atom is 0.320 e. The fourth-order valence-corrected chi connectivity index (χ4v) is 2.01. The Bertz CT molecular complexity index is 619. The molecular formula is C15H16ClN3O2. The zero-order chi connectivity index (χ0) is 15.1. The summed E-state index contributed by atoms with van der Waals surface area (Å²) in [4.78, 5) is 15.7. The third kappa shape index (κ3) is 4.65. The zero-order valence-electron chi connectivity index (χ0n) is 11.6. The van der Waals surface area contributed by atoms with Crippen LogP contribution in [0.1, 0.15) is 5.56 Å². The summed E-state index contributed by atoms with van der Waals surface area (Å²) < 4.78 is 5.26. The molecule has 2 N–H and O–H groups in total. The molecule has 0 aliphatic carbocycles. The molecule has 1 aromatic carbocycles. The van der Waals surface area contributed by atoms with Gasteiger partial charge >= 0.3 is 6.03 Å². The van der Waals surface area contributed by atoms with Gasteiger partial charge in [0.15, 0.2) is 0 Å². The van der Waals surface area contributed by atoms with Crippen molar-refractivity contribution in [2.24, 2.45) is 0 Å². The van der Waals surface area contributed by atoms with Crippen molar-refractivity contribution in [3.8, 4) is 5.75 Å². The number of nitrogens with one attached hydrogen (secondary N) is 2. The Morgan fingerprint density at radius 2 is 2.14 bits per heavy atom. The Balaban J connectivity index is 1.82. The van der Waals surface area contributed by atoms with E-state index in [0.717, 1.165) is 11.3 Å². The molecule has 2 amide bonds. The maximum absolute atomic E-state index is 11.7. The minimum atomic E-state index is -0.320. The number of hydrogen-bond acceptors (Lipinski definition) is 3. The Labute approximate surface area is 128 Å². The molecule has 0 aliphatic heterocycles. The molecule has 110 valence electrons. The quantitative estimate of drug-likeness (QED) is 0.892. The third-order valence-corrected chi connectivity index (χ3v) is 3.07. The highest BCUT2D eigenvalue weighted by molar-refractivity contribution is 6.30. The minimum Gasteiger partial charge on any atom is -0.496 e. The van der Waals surface area contributed by atoms with E-state index in [4.69, 9.17) is 16.3 Å². The molecule has 1 heterocycles. The van der Waals surface area contributed by atoms with E-state index >= 15 is 0 Å². The molecule has 0 atom stereocenters. The van der Waals surface area contributed by atoms with Gasteiger partial charge in [-0.15, -0.1) is 0 Å². The second-order valence-corrected chi connectivity index (χ2v) is 4.74. The highest BCUT2D eigenvalue weighted by atomic mass is 35.5. The molecule has 21 heavy (non-hydrogen) atoms. The van der Waals surface area contributed by atoms with Crippen LogP contribution in [0.3, 0.4) is 0 Å². The number of carbonyl (C=O) groups excluding carboxylic acids is 1. The van der Waals surface area contributed by atoms with Crippen LogP contribution in [0.15, 0.2) is 42.6 Å². The zero-order valence-corrected chi connectivity index (χ0v) is 12.4. The van der Waals surface area contributed by atoms with Gasteiger partial charge < -0.3 is 10.1 Å². The average Bonchev–Trinajstić information content (AvgIpc) is 2.47. The number of carbonyl (C=O) groups is 1. The summed E-state index contributed by atoms with van der Waals surface area (Å²) in [5.74, 6) is 1.23. The number of pyridine rings is 1. The van der Waals surface area contributed by atoms with E-state index in [1.54, 1.807) is 19.2 Å². The Hall–Kier alpha value is -2.27. The second kappa shape index (κ2) is 7.50. The number of methoxy groups -OCH3 is 1. The van der Waals surface area contributed by atoms with Crippen LogP contribution in [-0.2, 0) is 6.42 Å². The first-order valence-corrected chi connectivity index (χ1v) is 6.85. The first kappa shape index (κ1) is 15.1. The monoisotopic (exact) mass is 305 g/mol. The smallest absolute Gasteiger partial charge is 0.320 e. The van der Waals surface area contributed by atoms with Gasteiger partial charge in [-0.3, -0.25) is 5.32 Å². The normalized spacial score (nSPS) is 10.0. The van der Waals surface area contributed by atoms with Crippen molar-refractivity contribution in [1.82, 2.24) is 10.3 Å². The lowest BCUT2D eigenvalue weighted by atomic mass is 10.1. The fraction of sp³-hybridized carbons (Fsp3) is 0.200. The van der Waals surface area contributed by atoms with Gasteiger partial charge in [-0.2, -0.15) is 0 Å². The van der Waals surface area contributed by atoms with Crippen molar-refractivity contribution in [2.75, 3.05) is 19.0 Å². The number of aromatic nitrogens is 1. The molecule has 2 aromatic rings. The van der Waals surface area contributed by atoms with Crippen molar-refractivity contribution >= 4 is 23.4 Å². The van der Waals surface area contributed by atoms with Crippen molar-refractivity contribution in [1.29, 1.82) is 0 Å². The van der Waals surface area contributed by atoms with Gasteiger partial charge in [-0.25, -0.2) is 9.78 Å². The van der Waals surface area contributed by atoms with Crippen molar-refractivity contribution in [2.45, 2.75) is 6.42 Å². The van der Waals surface area contributed by atoms with Crippen molar-refractivity contribution < 1.29 is 9.53 Å². The number of anilines is 1. The van der Waals surface area contributed by atoms with Crippen LogP contribution in [0.5, 0.6) is 5.75 Å². The molecule has 1 aromatic heterocycles. The van der Waals surface area contributed by atoms with Crippen LogP contribution in [0.4, 0.5) is 10.6 Å². The van der Waals surface area contributed by atoms with Crippen LogP contribution < -0.4 is 15.4 Å². The second-order valence-electron chi connectivity index (χ2n) is 4.30. The van der Waals surface area contributed by atoms with Gasteiger partial charge in [0.1, 0.15) is 11.6 Å². The predicted molar refractivity (Wildman–Crippen MR) is 83.0 cm³/mol. The first-order chi connectivity index (χ1) is 10.2. The summed E-state index contributed by atoms with van der Waals surface area (Å²) in [5, 5.41) is 5.90. The van der Waals surface area contributed by atoms with E-state index in [9.17, 15) is 4.79 Å². The van der Waals surface area contributed by atoms with Gasteiger partial charge in [-0.1, -0.05) is 29.8 Å². The number of ether oxygens (including phenoxy) is 1. The summed E-state index contributed by atoms with van der Waals surface area (Å²) in [5.41, 5.74) is 1.04. The van der Waals surface area contributed by atoms with E-state index in [0.29, 0.717) is 23.8 Å². The van der Waals surface area contributed by atoms with Crippen LogP contribution in [0.25, 0.3) is 0 Å². The van der Waals surface area contributed by atoms with Crippen molar-refractivity contribution in [3.63, 3.8) is 0 Å². The summed E-state index contributed by atoms with van der Waals surface area (Å²) in [6.45, 7) is 0.493. The molecule has 0 aliphatic rings. The molecule has 5 nitrogen and oxygen atoms in total. The molecule has 0 unspecified atom stereocenters. The van der Waals surface area contributed by atoms with Gasteiger partial charge in [0, 0.05) is 17.8 Å². The lowest BCUT2D eigenvalue weighted by Gasteiger charge is -2.09. The summed E-state index contributed by atoms with van der Waals surface area (Å²) in [6, 6.07) is 10.6. The van der Waals surface area contributed by atoms with Gasteiger partial charge in [0.25, 0.3) is 0 Å². The van der Waals surface area contributed by atoms with E-state index in [-0.39, 0.29) is 6.03 Å². The molecule has 0 bridgehead atoms. The lowest BCUT2D eigenvalue weighted by molar-refractivity contribution is 0.252. The topological polar surface area (TPSA) is 63.2 Å². The molecule has 0 radical (unpaired) electrons. The van der Waals surface area contributed by atoms with Gasteiger partial charge in [0.05, 0.1) is 7.11 Å². The number of urea groups is 1. The third-order valence-electron chi connectivity index (χ3n) is 2.84. The first-order valence-electron chi connectivity index (χ1n) is 6.47. The highest BCUT2D eigenvalue weighted by Crippen LogP contribution is 2.17. The molecule has 2 rings (SSSR count). The molecule has 0 fully saturated rings. The van der Waals surface area contributed by atoms with Crippen LogP contribution >= 0.6 is 11.6 Å². The molecule has 0 saturated heterocycles. The van der Waals surface area contributed by atoms with E-state index < -0.39 is 0 Å². The molecule has 6 heteroatoms. The Morgan fingerprint density at radius 1 is 1.33 bits per heavy atom. The minimum absolute atomic E-state index is 0.320. The largest absolute Gasteiger partial charge is 0.496 e. The highest BCUT2D eigenvalue weighted by Gasteiger charge is 2.05. The number of benzene rings is 1. The Morgan fingerprint density at radius 3 is 2.90 bits per heavy atom. The van der Waals surface area contributed by atoms with Crippen LogP contribution in [0, 0.1) is 0 Å². The predicted octanol–water partition coefficient (Wildman–Crippen LogP) is 3.11. The standard InChI is InChI=1S/C15H16ClN3O2/c1-21-13-5-3-2-4-11(13)6-8-18-15(20)19-14-10-12(16)7-9-17-14/h2-5,7,9-10H,6,8H2,1H3,(H2,17,18,19,20). The molecular weight excluding hydrogens is 290 g/mol. The summed E-state index contributed by atoms with van der Waals surface area (Å²) >= 11 is 5.82. The van der Waals surface area contributed by atoms with Gasteiger partial charge in [0.2, 0.25) is 0 Å². The lowest BCUT2D eigenvalue weighted by Crippen LogP contribution is -2.30. The average molecular weight is 306 g/mol. The number of halogens is 1. The number of amides is 2. The van der Waals surface area contributed by atoms with Gasteiger partial charge in [-0.05, 0) is 30.2 Å². The van der Waals surface area contributed by atoms with E-state index in [2.05, 4.69) is 15.6 Å². The number of nitrogens with zero attached hydrogens (tertiary/aromatic N) is 1. The van der Waals surface area contributed by atoms with E-state index in [1.165, 1.54) is 6.20 Å². The van der Waals surface area contributed by atoms with E-state index in [1.807, 2.05) is 24.3 Å². The summed E-state index contributed by atoms with van der Waals surface area (Å²) in [6.07, 6.45) is 2.22. The van der Waals surface area contributed by atoms with Crippen molar-refractivity contribution in [3.05, 3.63) is 53.2 Å². The maximum atomic E-state index is 11.7. The number of para-hydroxylation sites is 1. The number of hydrogen-bond donors (Lipinski definition) is 2. The van der Waals surface area contributed by atoms with Crippen LogP contribution in [0.2, 0.25) is 5.02 Å². The SMILES string of the molecule is COc1ccccc1CCNC(=O)Nc1cc(Cl)ccn1. The summed E-state index contributed by atoms with van der Waals surface area (Å²) in [7, 11) is 1.63. The number of rotatable bonds is 5.